The summed E-state index contributed by atoms with van der Waals surface area (Å²) in [5, 5.41) is 2.95. The van der Waals surface area contributed by atoms with E-state index in [2.05, 4.69) is 5.32 Å². The number of likely N-dealkylation sites (tertiary alicyclic amines) is 1. The fourth-order valence-corrected chi connectivity index (χ4v) is 3.81. The van der Waals surface area contributed by atoms with Gasteiger partial charge in [0.1, 0.15) is 5.75 Å². The number of carbonyl (C=O) groups is 2. The topological polar surface area (TPSA) is 58.6 Å². The van der Waals surface area contributed by atoms with Gasteiger partial charge in [-0.15, -0.1) is 0 Å². The molecule has 1 saturated heterocycles. The van der Waals surface area contributed by atoms with Crippen molar-refractivity contribution in [3.63, 3.8) is 0 Å². The number of benzene rings is 2. The molecule has 1 aliphatic heterocycles. The van der Waals surface area contributed by atoms with E-state index in [0.717, 1.165) is 37.8 Å². The summed E-state index contributed by atoms with van der Waals surface area (Å²) in [7, 11) is 0. The molecular formula is C24H25F3N2O3. The van der Waals surface area contributed by atoms with Crippen molar-refractivity contribution >= 4 is 11.8 Å². The van der Waals surface area contributed by atoms with E-state index in [0.29, 0.717) is 31.0 Å². The van der Waals surface area contributed by atoms with Crippen LogP contribution in [0.2, 0.25) is 0 Å². The number of hydrogen-bond donors (Lipinski definition) is 1. The fraction of sp³-hybridized carbons (Fsp3) is 0.417. The van der Waals surface area contributed by atoms with E-state index in [4.69, 9.17) is 4.74 Å². The molecule has 170 valence electrons. The maximum Gasteiger partial charge on any atom is 0.416 e. The Labute approximate surface area is 184 Å². The molecule has 2 amide bonds. The number of halogens is 3. The maximum absolute atomic E-state index is 12.8. The van der Waals surface area contributed by atoms with Crippen molar-refractivity contribution in [3.05, 3.63) is 65.2 Å². The molecule has 1 aliphatic carbocycles. The zero-order valence-corrected chi connectivity index (χ0v) is 17.5. The van der Waals surface area contributed by atoms with Gasteiger partial charge in [-0.25, -0.2) is 0 Å². The summed E-state index contributed by atoms with van der Waals surface area (Å²) in [5.74, 6) is 0.317. The van der Waals surface area contributed by atoms with Crippen molar-refractivity contribution in [2.24, 2.45) is 5.92 Å². The van der Waals surface area contributed by atoms with Crippen molar-refractivity contribution in [2.45, 2.75) is 37.9 Å². The van der Waals surface area contributed by atoms with E-state index < -0.39 is 11.7 Å². The Hall–Kier alpha value is -3.03. The molecule has 8 heteroatoms. The number of ether oxygens (including phenoxy) is 1. The Morgan fingerprint density at radius 3 is 2.47 bits per heavy atom. The molecule has 32 heavy (non-hydrogen) atoms. The van der Waals surface area contributed by atoms with Gasteiger partial charge in [0, 0.05) is 36.2 Å². The second-order valence-electron chi connectivity index (χ2n) is 8.42. The Balaban J connectivity index is 1.32. The van der Waals surface area contributed by atoms with E-state index in [1.54, 1.807) is 29.2 Å². The van der Waals surface area contributed by atoms with Crippen molar-refractivity contribution in [3.8, 4) is 5.75 Å². The van der Waals surface area contributed by atoms with Gasteiger partial charge < -0.3 is 15.0 Å². The highest BCUT2D eigenvalue weighted by Crippen LogP contribution is 2.29. The molecule has 0 spiro atoms. The number of hydrogen-bond acceptors (Lipinski definition) is 3. The third-order valence-corrected chi connectivity index (χ3v) is 5.76. The Kier molecular flexibility index (Phi) is 6.39. The number of carbonyl (C=O) groups excluding carboxylic acids is 2. The van der Waals surface area contributed by atoms with Crippen LogP contribution in [0.5, 0.6) is 5.75 Å². The smallest absolute Gasteiger partial charge is 0.416 e. The Bertz CT molecular complexity index is 971. The molecular weight excluding hydrogens is 421 g/mol. The van der Waals surface area contributed by atoms with E-state index in [1.165, 1.54) is 12.1 Å². The summed E-state index contributed by atoms with van der Waals surface area (Å²) in [6.45, 7) is 1.43. The van der Waals surface area contributed by atoms with Gasteiger partial charge >= 0.3 is 6.18 Å². The monoisotopic (exact) mass is 446 g/mol. The maximum atomic E-state index is 12.8. The molecule has 0 radical (unpaired) electrons. The molecule has 4 rings (SSSR count). The quantitative estimate of drug-likeness (QED) is 0.710. The molecule has 0 bridgehead atoms. The molecule has 1 heterocycles. The van der Waals surface area contributed by atoms with Crippen LogP contribution in [0.3, 0.4) is 0 Å². The van der Waals surface area contributed by atoms with Crippen LogP contribution in [0.25, 0.3) is 0 Å². The highest BCUT2D eigenvalue weighted by atomic mass is 19.4. The molecule has 0 unspecified atom stereocenters. The van der Waals surface area contributed by atoms with Gasteiger partial charge in [-0.3, -0.25) is 9.59 Å². The molecule has 1 N–H and O–H groups in total. The standard InChI is InChI=1S/C24H25F3N2O3/c25-24(26,27)19-8-6-17(7-9-19)23(31)29-12-2-3-16(14-29)15-32-21-5-1-4-18(13-21)22(30)28-20-10-11-20/h1,4-9,13,16,20H,2-3,10-12,14-15H2,(H,28,30)/t16-/m1/s1. The largest absolute Gasteiger partial charge is 0.493 e. The number of piperidine rings is 1. The van der Waals surface area contributed by atoms with Crippen LogP contribution in [-0.4, -0.2) is 42.5 Å². The summed E-state index contributed by atoms with van der Waals surface area (Å²) in [4.78, 5) is 26.6. The van der Waals surface area contributed by atoms with Crippen LogP contribution in [0.15, 0.2) is 48.5 Å². The SMILES string of the molecule is O=C(NC1CC1)c1cccc(OC[C@@H]2CCCN(C(=O)c3ccc(C(F)(F)F)cc3)C2)c1. The molecule has 2 aliphatic rings. The van der Waals surface area contributed by atoms with E-state index in [-0.39, 0.29) is 29.3 Å². The summed E-state index contributed by atoms with van der Waals surface area (Å²) in [6.07, 6.45) is -0.704. The average molecular weight is 446 g/mol. The highest BCUT2D eigenvalue weighted by molar-refractivity contribution is 5.95. The second kappa shape index (κ2) is 9.22. The predicted molar refractivity (Wildman–Crippen MR) is 112 cm³/mol. The van der Waals surface area contributed by atoms with E-state index in [1.807, 2.05) is 0 Å². The minimum atomic E-state index is -4.43. The van der Waals surface area contributed by atoms with Crippen molar-refractivity contribution in [2.75, 3.05) is 19.7 Å². The van der Waals surface area contributed by atoms with Gasteiger partial charge in [0.05, 0.1) is 12.2 Å². The number of nitrogens with one attached hydrogen (secondary N) is 1. The first-order valence-electron chi connectivity index (χ1n) is 10.8. The first-order chi connectivity index (χ1) is 15.3. The van der Waals surface area contributed by atoms with Crippen molar-refractivity contribution in [1.82, 2.24) is 10.2 Å². The lowest BCUT2D eigenvalue weighted by molar-refractivity contribution is -0.137. The summed E-state index contributed by atoms with van der Waals surface area (Å²) in [5.41, 5.74) is 0.0260. The fourth-order valence-electron chi connectivity index (χ4n) is 3.81. The first-order valence-corrected chi connectivity index (χ1v) is 10.8. The molecule has 1 saturated carbocycles. The highest BCUT2D eigenvalue weighted by Gasteiger charge is 2.31. The van der Waals surface area contributed by atoms with Crippen LogP contribution < -0.4 is 10.1 Å². The predicted octanol–water partition coefficient (Wildman–Crippen LogP) is 4.53. The Morgan fingerprint density at radius 2 is 1.78 bits per heavy atom. The molecule has 2 aromatic carbocycles. The van der Waals surface area contributed by atoms with Crippen molar-refractivity contribution < 1.29 is 27.5 Å². The second-order valence-corrected chi connectivity index (χ2v) is 8.42. The van der Waals surface area contributed by atoms with Crippen LogP contribution in [0.4, 0.5) is 13.2 Å². The number of rotatable bonds is 6. The molecule has 2 fully saturated rings. The van der Waals surface area contributed by atoms with Crippen LogP contribution >= 0.6 is 0 Å². The zero-order valence-electron chi connectivity index (χ0n) is 17.5. The molecule has 5 nitrogen and oxygen atoms in total. The summed E-state index contributed by atoms with van der Waals surface area (Å²) >= 11 is 0. The number of alkyl halides is 3. The van der Waals surface area contributed by atoms with Gasteiger partial charge in [0.2, 0.25) is 0 Å². The Morgan fingerprint density at radius 1 is 1.03 bits per heavy atom. The van der Waals surface area contributed by atoms with Gasteiger partial charge in [-0.1, -0.05) is 6.07 Å². The number of amides is 2. The lowest BCUT2D eigenvalue weighted by Gasteiger charge is -2.32. The van der Waals surface area contributed by atoms with E-state index >= 15 is 0 Å². The normalized spacial score (nSPS) is 18.8. The van der Waals surface area contributed by atoms with E-state index in [9.17, 15) is 22.8 Å². The molecule has 0 aromatic heterocycles. The van der Waals surface area contributed by atoms with Gasteiger partial charge in [0.15, 0.2) is 0 Å². The van der Waals surface area contributed by atoms with Crippen LogP contribution in [0, 0.1) is 5.92 Å². The molecule has 1 atom stereocenters. The summed E-state index contributed by atoms with van der Waals surface area (Å²) < 4.78 is 44.1. The third kappa shape index (κ3) is 5.60. The van der Waals surface area contributed by atoms with Gasteiger partial charge in [0.25, 0.3) is 11.8 Å². The lowest BCUT2D eigenvalue weighted by Crippen LogP contribution is -2.41. The summed E-state index contributed by atoms with van der Waals surface area (Å²) in [6, 6.07) is 11.6. The zero-order chi connectivity index (χ0) is 22.7. The minimum Gasteiger partial charge on any atom is -0.493 e. The minimum absolute atomic E-state index is 0.103. The number of nitrogens with zero attached hydrogens (tertiary/aromatic N) is 1. The van der Waals surface area contributed by atoms with Gasteiger partial charge in [-0.05, 0) is 68.1 Å². The van der Waals surface area contributed by atoms with Gasteiger partial charge in [-0.2, -0.15) is 13.2 Å². The van der Waals surface area contributed by atoms with Crippen LogP contribution in [-0.2, 0) is 6.18 Å². The van der Waals surface area contributed by atoms with Crippen LogP contribution in [0.1, 0.15) is 52.0 Å². The van der Waals surface area contributed by atoms with Crippen molar-refractivity contribution in [1.29, 1.82) is 0 Å². The third-order valence-electron chi connectivity index (χ3n) is 5.76. The molecule has 2 aromatic rings. The lowest BCUT2D eigenvalue weighted by atomic mass is 9.98. The first kappa shape index (κ1) is 22.2. The average Bonchev–Trinajstić information content (AvgIpc) is 3.61.